The number of aliphatic imine (C=N–C) groups is 1. The van der Waals surface area contributed by atoms with Crippen molar-refractivity contribution >= 4 is 63.3 Å². The van der Waals surface area contributed by atoms with Gasteiger partial charge in [-0.2, -0.15) is 0 Å². The van der Waals surface area contributed by atoms with Crippen LogP contribution in [0.5, 0.6) is 5.75 Å². The van der Waals surface area contributed by atoms with Gasteiger partial charge in [0.1, 0.15) is 16.3 Å². The topological polar surface area (TPSA) is 56.1 Å². The van der Waals surface area contributed by atoms with Crippen molar-refractivity contribution in [2.75, 3.05) is 16.8 Å². The van der Waals surface area contributed by atoms with Crippen molar-refractivity contribution in [3.8, 4) is 5.75 Å². The standard InChI is InChI=1S/C24H18ClN3O2S2/c1-14-6-5-7-16(12-14)28-22(30)21(32-24(28)26-17-8-3-4-9-19(17)29)23-27(2)18-13-15(25)10-11-20(18)31-23/h3-13,29H,1-2H3/b23-21-,26-24?. The van der Waals surface area contributed by atoms with Crippen LogP contribution in [0.3, 0.4) is 0 Å². The van der Waals surface area contributed by atoms with Crippen LogP contribution >= 0.6 is 35.1 Å². The molecule has 0 unspecified atom stereocenters. The lowest BCUT2D eigenvalue weighted by atomic mass is 10.2. The first-order valence-electron chi connectivity index (χ1n) is 9.83. The predicted octanol–water partition coefficient (Wildman–Crippen LogP) is 6.53. The minimum absolute atomic E-state index is 0.0627. The molecule has 0 saturated carbocycles. The summed E-state index contributed by atoms with van der Waals surface area (Å²) in [5, 5.41) is 12.2. The number of aryl methyl sites for hydroxylation is 1. The molecular weight excluding hydrogens is 462 g/mol. The van der Waals surface area contributed by atoms with Crippen LogP contribution in [0.15, 0.2) is 86.6 Å². The van der Waals surface area contributed by atoms with E-state index < -0.39 is 0 Å². The molecule has 3 aromatic rings. The summed E-state index contributed by atoms with van der Waals surface area (Å²) in [6, 6.07) is 20.3. The highest BCUT2D eigenvalue weighted by atomic mass is 35.5. The van der Waals surface area contributed by atoms with E-state index in [9.17, 15) is 9.90 Å². The molecule has 3 aromatic carbocycles. The van der Waals surface area contributed by atoms with Crippen LogP contribution in [-0.4, -0.2) is 23.2 Å². The summed E-state index contributed by atoms with van der Waals surface area (Å²) in [4.78, 5) is 23.6. The fraction of sp³-hybridized carbons (Fsp3) is 0.0833. The lowest BCUT2D eigenvalue weighted by molar-refractivity contribution is -0.113. The summed E-state index contributed by atoms with van der Waals surface area (Å²) < 4.78 is 0. The number of amides is 1. The normalized spacial score (nSPS) is 19.2. The molecule has 2 aliphatic heterocycles. The van der Waals surface area contributed by atoms with E-state index in [0.29, 0.717) is 20.8 Å². The van der Waals surface area contributed by atoms with Crippen molar-refractivity contribution < 1.29 is 9.90 Å². The number of carbonyl (C=O) groups excluding carboxylic acids is 1. The van der Waals surface area contributed by atoms with Gasteiger partial charge in [0, 0.05) is 17.0 Å². The number of benzene rings is 3. The lowest BCUT2D eigenvalue weighted by Gasteiger charge is -2.17. The monoisotopic (exact) mass is 479 g/mol. The average molecular weight is 480 g/mol. The first-order valence-corrected chi connectivity index (χ1v) is 11.8. The van der Waals surface area contributed by atoms with E-state index >= 15 is 0 Å². The number of para-hydroxylation sites is 2. The second kappa shape index (κ2) is 8.24. The van der Waals surface area contributed by atoms with Crippen molar-refractivity contribution in [2.24, 2.45) is 4.99 Å². The number of carbonyl (C=O) groups is 1. The molecule has 160 valence electrons. The largest absolute Gasteiger partial charge is 0.506 e. The number of phenolic OH excluding ortho intramolecular Hbond substituents is 1. The number of aromatic hydroxyl groups is 1. The number of phenols is 1. The van der Waals surface area contributed by atoms with Gasteiger partial charge in [0.2, 0.25) is 0 Å². The van der Waals surface area contributed by atoms with Crippen LogP contribution in [0.25, 0.3) is 0 Å². The first kappa shape index (κ1) is 21.0. The fourth-order valence-corrected chi connectivity index (χ4v) is 6.04. The molecule has 2 aliphatic rings. The van der Waals surface area contributed by atoms with E-state index in [1.807, 2.05) is 61.3 Å². The van der Waals surface area contributed by atoms with Crippen molar-refractivity contribution in [2.45, 2.75) is 11.8 Å². The Hall–Kier alpha value is -2.87. The number of hydrogen-bond acceptors (Lipinski definition) is 6. The fourth-order valence-electron chi connectivity index (χ4n) is 3.55. The summed E-state index contributed by atoms with van der Waals surface area (Å²) >= 11 is 9.04. The van der Waals surface area contributed by atoms with Crippen LogP contribution in [0.1, 0.15) is 5.56 Å². The number of rotatable bonds is 2. The number of halogens is 1. The van der Waals surface area contributed by atoms with Crippen LogP contribution in [0, 0.1) is 6.92 Å². The molecule has 0 atom stereocenters. The Morgan fingerprint density at radius 2 is 1.81 bits per heavy atom. The molecule has 1 fully saturated rings. The van der Waals surface area contributed by atoms with Gasteiger partial charge in [-0.15, -0.1) is 0 Å². The Morgan fingerprint density at radius 1 is 1.00 bits per heavy atom. The van der Waals surface area contributed by atoms with Gasteiger partial charge in [0.05, 0.1) is 16.4 Å². The Kier molecular flexibility index (Phi) is 5.41. The van der Waals surface area contributed by atoms with E-state index in [0.717, 1.165) is 26.9 Å². The second-order valence-electron chi connectivity index (χ2n) is 7.37. The number of amidine groups is 1. The van der Waals surface area contributed by atoms with Crippen LogP contribution < -0.4 is 9.80 Å². The van der Waals surface area contributed by atoms with Gasteiger partial charge >= 0.3 is 0 Å². The van der Waals surface area contributed by atoms with Gasteiger partial charge in [-0.25, -0.2) is 4.99 Å². The SMILES string of the molecule is Cc1cccc(N2C(=O)/C(=C3/Sc4ccc(Cl)cc4N3C)SC2=Nc2ccccc2O)c1. The number of hydrogen-bond donors (Lipinski definition) is 1. The van der Waals surface area contributed by atoms with Gasteiger partial charge in [0.25, 0.3) is 5.91 Å². The van der Waals surface area contributed by atoms with E-state index in [1.54, 1.807) is 40.9 Å². The molecular formula is C24H18ClN3O2S2. The highest BCUT2D eigenvalue weighted by Gasteiger charge is 2.40. The third-order valence-electron chi connectivity index (χ3n) is 5.13. The summed E-state index contributed by atoms with van der Waals surface area (Å²) in [7, 11) is 1.93. The summed E-state index contributed by atoms with van der Waals surface area (Å²) in [5.41, 5.74) is 3.15. The molecule has 2 heterocycles. The molecule has 1 N–H and O–H groups in total. The zero-order valence-corrected chi connectivity index (χ0v) is 19.6. The quantitative estimate of drug-likeness (QED) is 0.423. The highest BCUT2D eigenvalue weighted by Crippen LogP contribution is 2.51. The molecule has 32 heavy (non-hydrogen) atoms. The van der Waals surface area contributed by atoms with E-state index in [-0.39, 0.29) is 11.7 Å². The smallest absolute Gasteiger partial charge is 0.274 e. The maximum atomic E-state index is 13.7. The minimum Gasteiger partial charge on any atom is -0.506 e. The van der Waals surface area contributed by atoms with Crippen LogP contribution in [0.2, 0.25) is 5.02 Å². The minimum atomic E-state index is -0.150. The summed E-state index contributed by atoms with van der Waals surface area (Å²) in [5.74, 6) is -0.0872. The molecule has 5 nitrogen and oxygen atoms in total. The molecule has 5 rings (SSSR count). The van der Waals surface area contributed by atoms with Crippen molar-refractivity contribution in [1.29, 1.82) is 0 Å². The second-order valence-corrected chi connectivity index (χ2v) is 9.82. The molecule has 0 bridgehead atoms. The van der Waals surface area contributed by atoms with E-state index in [1.165, 1.54) is 11.8 Å². The summed E-state index contributed by atoms with van der Waals surface area (Å²) in [6.45, 7) is 1.98. The van der Waals surface area contributed by atoms with Gasteiger partial charge in [0.15, 0.2) is 5.17 Å². The van der Waals surface area contributed by atoms with Crippen molar-refractivity contribution in [1.82, 2.24) is 0 Å². The number of anilines is 2. The number of thioether (sulfide) groups is 2. The highest BCUT2D eigenvalue weighted by molar-refractivity contribution is 8.20. The Morgan fingerprint density at radius 3 is 2.59 bits per heavy atom. The van der Waals surface area contributed by atoms with Crippen LogP contribution in [0.4, 0.5) is 17.1 Å². The number of nitrogens with zero attached hydrogens (tertiary/aromatic N) is 3. The van der Waals surface area contributed by atoms with Crippen LogP contribution in [-0.2, 0) is 4.79 Å². The molecule has 8 heteroatoms. The molecule has 0 spiro atoms. The third kappa shape index (κ3) is 3.66. The first-order chi connectivity index (χ1) is 15.4. The van der Waals surface area contributed by atoms with E-state index in [4.69, 9.17) is 11.6 Å². The molecule has 1 amide bonds. The zero-order chi connectivity index (χ0) is 22.4. The third-order valence-corrected chi connectivity index (χ3v) is 7.76. The Balaban J connectivity index is 1.64. The zero-order valence-electron chi connectivity index (χ0n) is 17.2. The Bertz CT molecular complexity index is 1320. The van der Waals surface area contributed by atoms with Crippen molar-refractivity contribution in [3.05, 3.63) is 87.3 Å². The molecule has 0 aliphatic carbocycles. The molecule has 0 radical (unpaired) electrons. The Labute approximate surface area is 199 Å². The lowest BCUT2D eigenvalue weighted by Crippen LogP contribution is -2.29. The van der Waals surface area contributed by atoms with E-state index in [2.05, 4.69) is 4.99 Å². The molecule has 0 aromatic heterocycles. The van der Waals surface area contributed by atoms with Gasteiger partial charge in [-0.05, 0) is 66.7 Å². The van der Waals surface area contributed by atoms with Gasteiger partial charge in [-0.3, -0.25) is 9.69 Å². The van der Waals surface area contributed by atoms with Gasteiger partial charge in [-0.1, -0.05) is 47.6 Å². The maximum absolute atomic E-state index is 13.7. The summed E-state index contributed by atoms with van der Waals surface area (Å²) in [6.07, 6.45) is 0. The molecule has 1 saturated heterocycles. The van der Waals surface area contributed by atoms with Gasteiger partial charge < -0.3 is 10.0 Å². The average Bonchev–Trinajstić information content (AvgIpc) is 3.26. The number of fused-ring (bicyclic) bond motifs is 1. The predicted molar refractivity (Wildman–Crippen MR) is 134 cm³/mol. The maximum Gasteiger partial charge on any atom is 0.274 e. The van der Waals surface area contributed by atoms with Crippen molar-refractivity contribution in [3.63, 3.8) is 0 Å².